The van der Waals surface area contributed by atoms with E-state index in [4.69, 9.17) is 11.6 Å². The van der Waals surface area contributed by atoms with Gasteiger partial charge in [-0.1, -0.05) is 11.6 Å². The molecule has 0 aromatic carbocycles. The maximum Gasteiger partial charge on any atom is 0.154 e. The van der Waals surface area contributed by atoms with E-state index in [2.05, 4.69) is 20.9 Å². The van der Waals surface area contributed by atoms with Crippen molar-refractivity contribution in [2.75, 3.05) is 0 Å². The summed E-state index contributed by atoms with van der Waals surface area (Å²) in [5.41, 5.74) is 0.926. The van der Waals surface area contributed by atoms with Crippen LogP contribution in [0.5, 0.6) is 0 Å². The lowest BCUT2D eigenvalue weighted by molar-refractivity contribution is 1.15. The first-order valence-corrected chi connectivity index (χ1v) is 4.22. The second-order valence-corrected chi connectivity index (χ2v) is 3.45. The molecule has 0 N–H and O–H groups in total. The van der Waals surface area contributed by atoms with Gasteiger partial charge in [-0.3, -0.25) is 0 Å². The molecule has 0 aliphatic carbocycles. The van der Waals surface area contributed by atoms with E-state index in [0.29, 0.717) is 5.15 Å². The number of hydrogen-bond donors (Lipinski definition) is 0. The highest BCUT2D eigenvalue weighted by Gasteiger charge is 1.99. The minimum Gasteiger partial charge on any atom is -0.304 e. The van der Waals surface area contributed by atoms with Crippen molar-refractivity contribution >= 4 is 33.0 Å². The fourth-order valence-corrected chi connectivity index (χ4v) is 1.50. The molecule has 0 aliphatic rings. The van der Waals surface area contributed by atoms with Crippen molar-refractivity contribution in [2.24, 2.45) is 0 Å². The van der Waals surface area contributed by atoms with Crippen LogP contribution in [0.3, 0.4) is 0 Å². The third-order valence-electron chi connectivity index (χ3n) is 1.45. The molecule has 2 rings (SSSR count). The Morgan fingerprint density at radius 1 is 1.45 bits per heavy atom. The molecule has 0 radical (unpaired) electrons. The Balaban J connectivity index is 2.86. The number of rotatable bonds is 0. The quantitative estimate of drug-likeness (QED) is 0.681. The van der Waals surface area contributed by atoms with Crippen LogP contribution in [0.1, 0.15) is 0 Å². The van der Waals surface area contributed by atoms with E-state index in [1.54, 1.807) is 6.33 Å². The standard InChI is InChI=1S/C7H4BrClN2/c8-5-1-2-6-7(9)10-4-11(6)3-5/h1-4H. The summed E-state index contributed by atoms with van der Waals surface area (Å²) in [5.74, 6) is 0. The normalized spacial score (nSPS) is 10.7. The number of halogens is 2. The van der Waals surface area contributed by atoms with Crippen LogP contribution in [0.4, 0.5) is 0 Å². The van der Waals surface area contributed by atoms with Crippen LogP contribution >= 0.6 is 27.5 Å². The fraction of sp³-hybridized carbons (Fsp3) is 0. The second-order valence-electron chi connectivity index (χ2n) is 2.18. The van der Waals surface area contributed by atoms with Gasteiger partial charge in [0.25, 0.3) is 0 Å². The summed E-state index contributed by atoms with van der Waals surface area (Å²) in [6, 6.07) is 3.85. The number of fused-ring (bicyclic) bond motifs is 1. The van der Waals surface area contributed by atoms with E-state index in [9.17, 15) is 0 Å². The maximum atomic E-state index is 5.78. The molecule has 11 heavy (non-hydrogen) atoms. The predicted octanol–water partition coefficient (Wildman–Crippen LogP) is 2.75. The van der Waals surface area contributed by atoms with E-state index in [1.807, 2.05) is 22.7 Å². The molecule has 0 saturated heterocycles. The van der Waals surface area contributed by atoms with E-state index in [1.165, 1.54) is 0 Å². The Kier molecular flexibility index (Phi) is 1.62. The lowest BCUT2D eigenvalue weighted by Gasteiger charge is -1.92. The third kappa shape index (κ3) is 1.14. The first-order chi connectivity index (χ1) is 5.27. The molecule has 2 aromatic heterocycles. The van der Waals surface area contributed by atoms with Crippen molar-refractivity contribution < 1.29 is 0 Å². The molecule has 0 saturated carbocycles. The highest BCUT2D eigenvalue weighted by atomic mass is 79.9. The Labute approximate surface area is 76.9 Å². The van der Waals surface area contributed by atoms with E-state index >= 15 is 0 Å². The van der Waals surface area contributed by atoms with Gasteiger partial charge in [-0.05, 0) is 28.1 Å². The molecule has 0 amide bonds. The number of nitrogens with zero attached hydrogens (tertiary/aromatic N) is 2. The largest absolute Gasteiger partial charge is 0.304 e. The summed E-state index contributed by atoms with van der Waals surface area (Å²) in [5, 5.41) is 0.539. The van der Waals surface area contributed by atoms with Gasteiger partial charge in [-0.15, -0.1) is 0 Å². The minimum atomic E-state index is 0.539. The van der Waals surface area contributed by atoms with Crippen molar-refractivity contribution in [3.8, 4) is 0 Å². The summed E-state index contributed by atoms with van der Waals surface area (Å²) >= 11 is 9.13. The average Bonchev–Trinajstić information content (AvgIpc) is 2.32. The fourth-order valence-electron chi connectivity index (χ4n) is 0.940. The zero-order valence-corrected chi connectivity index (χ0v) is 7.80. The van der Waals surface area contributed by atoms with Crippen LogP contribution in [0.25, 0.3) is 5.52 Å². The summed E-state index contributed by atoms with van der Waals surface area (Å²) in [7, 11) is 0. The highest BCUT2D eigenvalue weighted by molar-refractivity contribution is 9.10. The van der Waals surface area contributed by atoms with Crippen LogP contribution in [0.2, 0.25) is 5.15 Å². The van der Waals surface area contributed by atoms with Crippen LogP contribution in [-0.4, -0.2) is 9.38 Å². The van der Waals surface area contributed by atoms with Crippen molar-refractivity contribution in [1.29, 1.82) is 0 Å². The molecule has 0 bridgehead atoms. The van der Waals surface area contributed by atoms with Gasteiger partial charge in [0.1, 0.15) is 6.33 Å². The zero-order valence-electron chi connectivity index (χ0n) is 5.46. The predicted molar refractivity (Wildman–Crippen MR) is 47.9 cm³/mol. The summed E-state index contributed by atoms with van der Waals surface area (Å²) < 4.78 is 2.88. The van der Waals surface area contributed by atoms with E-state index in [0.717, 1.165) is 9.99 Å². The van der Waals surface area contributed by atoms with Gasteiger partial charge in [0.2, 0.25) is 0 Å². The van der Waals surface area contributed by atoms with Gasteiger partial charge in [0, 0.05) is 10.7 Å². The maximum absolute atomic E-state index is 5.78. The van der Waals surface area contributed by atoms with E-state index < -0.39 is 0 Å². The molecule has 4 heteroatoms. The van der Waals surface area contributed by atoms with Crippen LogP contribution in [0.15, 0.2) is 29.1 Å². The van der Waals surface area contributed by atoms with Crippen molar-refractivity contribution in [3.05, 3.63) is 34.3 Å². The minimum absolute atomic E-state index is 0.539. The Bertz CT molecular complexity index is 396. The zero-order chi connectivity index (χ0) is 7.84. The number of hydrogen-bond acceptors (Lipinski definition) is 1. The number of aromatic nitrogens is 2. The first kappa shape index (κ1) is 7.13. The third-order valence-corrected chi connectivity index (χ3v) is 2.21. The van der Waals surface area contributed by atoms with Gasteiger partial charge in [-0.2, -0.15) is 0 Å². The molecule has 2 nitrogen and oxygen atoms in total. The molecule has 0 fully saturated rings. The monoisotopic (exact) mass is 230 g/mol. The van der Waals surface area contributed by atoms with Crippen molar-refractivity contribution in [2.45, 2.75) is 0 Å². The highest BCUT2D eigenvalue weighted by Crippen LogP contribution is 2.17. The van der Waals surface area contributed by atoms with Gasteiger partial charge < -0.3 is 4.40 Å². The first-order valence-electron chi connectivity index (χ1n) is 3.05. The number of imidazole rings is 1. The van der Waals surface area contributed by atoms with E-state index in [-0.39, 0.29) is 0 Å². The van der Waals surface area contributed by atoms with Crippen molar-refractivity contribution in [1.82, 2.24) is 9.38 Å². The Morgan fingerprint density at radius 3 is 3.09 bits per heavy atom. The van der Waals surface area contributed by atoms with Crippen LogP contribution in [0, 0.1) is 0 Å². The van der Waals surface area contributed by atoms with Crippen LogP contribution < -0.4 is 0 Å². The summed E-state index contributed by atoms with van der Waals surface area (Å²) in [6.07, 6.45) is 3.59. The lowest BCUT2D eigenvalue weighted by atomic mass is 10.4. The topological polar surface area (TPSA) is 17.3 Å². The van der Waals surface area contributed by atoms with Crippen LogP contribution in [-0.2, 0) is 0 Å². The molecule has 2 aromatic rings. The molecule has 0 spiro atoms. The SMILES string of the molecule is Clc1ncn2cc(Br)ccc12. The molecular weight excluding hydrogens is 227 g/mol. The second kappa shape index (κ2) is 2.50. The molecule has 0 aliphatic heterocycles. The van der Waals surface area contributed by atoms with Gasteiger partial charge in [0.15, 0.2) is 5.15 Å². The summed E-state index contributed by atoms with van der Waals surface area (Å²) in [4.78, 5) is 3.94. The molecule has 56 valence electrons. The van der Waals surface area contributed by atoms with Gasteiger partial charge >= 0.3 is 0 Å². The number of pyridine rings is 1. The van der Waals surface area contributed by atoms with Gasteiger partial charge in [0.05, 0.1) is 5.52 Å². The molecule has 0 unspecified atom stereocenters. The smallest absolute Gasteiger partial charge is 0.154 e. The molecule has 0 atom stereocenters. The molecule has 2 heterocycles. The van der Waals surface area contributed by atoms with Crippen molar-refractivity contribution in [3.63, 3.8) is 0 Å². The Morgan fingerprint density at radius 2 is 2.27 bits per heavy atom. The molecular formula is C7H4BrClN2. The Hall–Kier alpha value is -0.540. The average molecular weight is 231 g/mol. The summed E-state index contributed by atoms with van der Waals surface area (Å²) in [6.45, 7) is 0. The van der Waals surface area contributed by atoms with Gasteiger partial charge in [-0.25, -0.2) is 4.98 Å². The lowest BCUT2D eigenvalue weighted by Crippen LogP contribution is -1.79.